The summed E-state index contributed by atoms with van der Waals surface area (Å²) in [4.78, 5) is 31.8. The predicted octanol–water partition coefficient (Wildman–Crippen LogP) is -0.394. The van der Waals surface area contributed by atoms with Crippen molar-refractivity contribution in [3.05, 3.63) is 24.3 Å². The number of aliphatic carboxylic acids is 1. The summed E-state index contributed by atoms with van der Waals surface area (Å²) in [6.07, 6.45) is 3.65. The Morgan fingerprint density at radius 2 is 1.69 bits per heavy atom. The third-order valence-corrected chi connectivity index (χ3v) is 3.30. The first-order chi connectivity index (χ1) is 12.6. The van der Waals surface area contributed by atoms with Crippen LogP contribution in [0.4, 0.5) is 0 Å². The van der Waals surface area contributed by atoms with Crippen molar-refractivity contribution in [3.63, 3.8) is 0 Å². The van der Waals surface area contributed by atoms with E-state index in [4.69, 9.17) is 9.84 Å². The van der Waals surface area contributed by atoms with Crippen LogP contribution in [0.3, 0.4) is 0 Å². The zero-order valence-corrected chi connectivity index (χ0v) is 14.3. The van der Waals surface area contributed by atoms with E-state index in [1.54, 1.807) is 25.5 Å². The molecule has 0 radical (unpaired) electrons. The molecule has 0 unspecified atom stereocenters. The molecule has 2 aromatic heterocycles. The molecule has 2 heterocycles. The van der Waals surface area contributed by atoms with Gasteiger partial charge in [-0.15, -0.1) is 20.4 Å². The molecule has 0 atom stereocenters. The molecule has 0 aliphatic heterocycles. The molecule has 1 amide bonds. The maximum Gasteiger partial charge on any atom is 0.305 e. The van der Waals surface area contributed by atoms with E-state index in [-0.39, 0.29) is 37.8 Å². The van der Waals surface area contributed by atoms with Crippen LogP contribution >= 0.6 is 0 Å². The quantitative estimate of drug-likeness (QED) is 0.555. The number of amides is 1. The van der Waals surface area contributed by atoms with Crippen molar-refractivity contribution in [1.82, 2.24) is 35.3 Å². The van der Waals surface area contributed by atoms with Gasteiger partial charge in [-0.25, -0.2) is 9.97 Å². The minimum Gasteiger partial charge on any atom is -0.481 e. The Hall–Kier alpha value is -3.08. The van der Waals surface area contributed by atoms with Gasteiger partial charge in [0, 0.05) is 32.4 Å². The summed E-state index contributed by atoms with van der Waals surface area (Å²) >= 11 is 0. The van der Waals surface area contributed by atoms with Gasteiger partial charge in [0.05, 0.1) is 26.1 Å². The highest BCUT2D eigenvalue weighted by molar-refractivity contribution is 5.75. The molecule has 26 heavy (non-hydrogen) atoms. The first kappa shape index (κ1) is 19.2. The number of carboxylic acids is 1. The van der Waals surface area contributed by atoms with Crippen LogP contribution in [0.5, 0.6) is 0 Å². The molecule has 2 rings (SSSR count). The van der Waals surface area contributed by atoms with E-state index < -0.39 is 5.97 Å². The average Bonchev–Trinajstić information content (AvgIpc) is 2.66. The highest BCUT2D eigenvalue weighted by Crippen LogP contribution is 2.04. The summed E-state index contributed by atoms with van der Waals surface area (Å²) in [6.45, 7) is 0.676. The molecule has 0 saturated heterocycles. The van der Waals surface area contributed by atoms with E-state index in [0.717, 1.165) is 0 Å². The first-order valence-corrected chi connectivity index (χ1v) is 7.93. The molecule has 0 fully saturated rings. The largest absolute Gasteiger partial charge is 0.481 e. The lowest BCUT2D eigenvalue weighted by molar-refractivity contribution is -0.138. The fourth-order valence-electron chi connectivity index (χ4n) is 1.86. The number of carbonyl (C=O) groups is 2. The van der Waals surface area contributed by atoms with Crippen molar-refractivity contribution < 1.29 is 19.4 Å². The lowest BCUT2D eigenvalue weighted by Crippen LogP contribution is -2.30. The van der Waals surface area contributed by atoms with Crippen LogP contribution in [0.15, 0.2) is 18.5 Å². The van der Waals surface area contributed by atoms with Crippen LogP contribution in [-0.2, 0) is 20.7 Å². The molecule has 1 N–H and O–H groups in total. The fourth-order valence-corrected chi connectivity index (χ4v) is 1.86. The third-order valence-electron chi connectivity index (χ3n) is 3.30. The Morgan fingerprint density at radius 1 is 1.04 bits per heavy atom. The molecule has 0 aliphatic carbocycles. The molecule has 0 aliphatic rings. The molecule has 0 aromatic carbocycles. The van der Waals surface area contributed by atoms with Gasteiger partial charge in [-0.1, -0.05) is 0 Å². The molecule has 11 heteroatoms. The van der Waals surface area contributed by atoms with Crippen LogP contribution in [0.1, 0.15) is 18.7 Å². The molecule has 0 saturated carbocycles. The monoisotopic (exact) mass is 361 g/mol. The second-order valence-corrected chi connectivity index (χ2v) is 5.28. The lowest BCUT2D eigenvalue weighted by atomic mass is 10.3. The van der Waals surface area contributed by atoms with Crippen molar-refractivity contribution in [2.45, 2.75) is 19.3 Å². The highest BCUT2D eigenvalue weighted by Gasteiger charge is 2.11. The Balaban J connectivity index is 1.72. The van der Waals surface area contributed by atoms with Crippen LogP contribution in [0.2, 0.25) is 0 Å². The highest BCUT2D eigenvalue weighted by atomic mass is 16.5. The number of nitrogens with zero attached hydrogens (tertiary/aromatic N) is 7. The SMILES string of the molecule is CN(CCc1nnc(-c2ncccn2)nn1)C(=O)CCOCCC(=O)O. The van der Waals surface area contributed by atoms with Gasteiger partial charge >= 0.3 is 5.97 Å². The van der Waals surface area contributed by atoms with Gasteiger partial charge in [0.25, 0.3) is 0 Å². The van der Waals surface area contributed by atoms with E-state index in [1.807, 2.05) is 0 Å². The number of carboxylic acid groups (broad SMARTS) is 1. The minimum atomic E-state index is -0.930. The number of hydrogen-bond donors (Lipinski definition) is 1. The summed E-state index contributed by atoms with van der Waals surface area (Å²) < 4.78 is 5.10. The van der Waals surface area contributed by atoms with Crippen molar-refractivity contribution in [2.75, 3.05) is 26.8 Å². The van der Waals surface area contributed by atoms with E-state index in [0.29, 0.717) is 24.6 Å². The number of hydrogen-bond acceptors (Lipinski definition) is 9. The molecule has 2 aromatic rings. The zero-order chi connectivity index (χ0) is 18.8. The van der Waals surface area contributed by atoms with Gasteiger partial charge in [0.15, 0.2) is 5.82 Å². The van der Waals surface area contributed by atoms with Gasteiger partial charge in [-0.05, 0) is 6.07 Å². The smallest absolute Gasteiger partial charge is 0.305 e. The normalized spacial score (nSPS) is 10.5. The Morgan fingerprint density at radius 3 is 2.35 bits per heavy atom. The van der Waals surface area contributed by atoms with E-state index in [1.165, 1.54) is 4.90 Å². The van der Waals surface area contributed by atoms with E-state index >= 15 is 0 Å². The number of aromatic nitrogens is 6. The van der Waals surface area contributed by atoms with Crippen LogP contribution in [0, 0.1) is 0 Å². The molecular formula is C15H19N7O4. The Labute approximate surface area is 149 Å². The third kappa shape index (κ3) is 6.43. The summed E-state index contributed by atoms with van der Waals surface area (Å²) in [7, 11) is 1.66. The summed E-state index contributed by atoms with van der Waals surface area (Å²) in [5, 5.41) is 24.3. The van der Waals surface area contributed by atoms with Gasteiger partial charge in [-0.3, -0.25) is 9.59 Å². The second kappa shape index (κ2) is 10.0. The van der Waals surface area contributed by atoms with Gasteiger partial charge < -0.3 is 14.7 Å². The maximum atomic E-state index is 11.9. The zero-order valence-electron chi connectivity index (χ0n) is 14.3. The molecular weight excluding hydrogens is 342 g/mol. The lowest BCUT2D eigenvalue weighted by Gasteiger charge is -2.16. The minimum absolute atomic E-state index is 0.0780. The standard InChI is InChI=1S/C15H19N7O4/c1-22(12(23)4-9-26-10-5-13(24)25)8-3-11-18-20-15(21-19-11)14-16-6-2-7-17-14/h2,6-7H,3-5,8-10H2,1H3,(H,24,25). The Bertz CT molecular complexity index is 712. The van der Waals surface area contributed by atoms with Crippen molar-refractivity contribution in [2.24, 2.45) is 0 Å². The molecule has 11 nitrogen and oxygen atoms in total. The summed E-state index contributed by atoms with van der Waals surface area (Å²) in [5.41, 5.74) is 0. The fraction of sp³-hybridized carbons (Fsp3) is 0.467. The second-order valence-electron chi connectivity index (χ2n) is 5.28. The molecule has 0 bridgehead atoms. The average molecular weight is 361 g/mol. The van der Waals surface area contributed by atoms with Crippen LogP contribution in [0.25, 0.3) is 11.6 Å². The van der Waals surface area contributed by atoms with Crippen molar-refractivity contribution >= 4 is 11.9 Å². The van der Waals surface area contributed by atoms with E-state index in [9.17, 15) is 9.59 Å². The number of ether oxygens (including phenoxy) is 1. The van der Waals surface area contributed by atoms with Crippen molar-refractivity contribution in [3.8, 4) is 11.6 Å². The van der Waals surface area contributed by atoms with Crippen molar-refractivity contribution in [1.29, 1.82) is 0 Å². The first-order valence-electron chi connectivity index (χ1n) is 7.93. The van der Waals surface area contributed by atoms with Crippen LogP contribution in [-0.4, -0.2) is 79.1 Å². The molecule has 138 valence electrons. The van der Waals surface area contributed by atoms with Gasteiger partial charge in [0.1, 0.15) is 0 Å². The summed E-state index contributed by atoms with van der Waals surface area (Å²) in [5.74, 6) is -0.0652. The Kier molecular flexibility index (Phi) is 7.43. The topological polar surface area (TPSA) is 144 Å². The molecule has 0 spiro atoms. The van der Waals surface area contributed by atoms with Gasteiger partial charge in [-0.2, -0.15) is 0 Å². The summed E-state index contributed by atoms with van der Waals surface area (Å²) in [6, 6.07) is 1.68. The van der Waals surface area contributed by atoms with E-state index in [2.05, 4.69) is 30.4 Å². The predicted molar refractivity (Wildman–Crippen MR) is 87.7 cm³/mol. The number of carbonyl (C=O) groups excluding carboxylic acids is 1. The van der Waals surface area contributed by atoms with Gasteiger partial charge in [0.2, 0.25) is 17.6 Å². The maximum absolute atomic E-state index is 11.9. The van der Waals surface area contributed by atoms with Crippen LogP contribution < -0.4 is 0 Å². The number of rotatable bonds is 10. The number of likely N-dealkylation sites (N-methyl/N-ethyl adjacent to an activating group) is 1.